The standard InChI is InChI=1S/C16H23N5O3/c1-5-6-13-19-11(2)14(24-13)15(22)21(3)10-9-18-16-17-8-7-12(20-16)23-4/h7-8H,5-6,9-10H2,1-4H3,(H,17,18,20). The summed E-state index contributed by atoms with van der Waals surface area (Å²) in [6, 6.07) is 1.67. The quantitative estimate of drug-likeness (QED) is 0.788. The lowest BCUT2D eigenvalue weighted by molar-refractivity contribution is 0.0766. The van der Waals surface area contributed by atoms with Gasteiger partial charge < -0.3 is 19.4 Å². The molecule has 130 valence electrons. The van der Waals surface area contributed by atoms with Gasteiger partial charge in [0, 0.05) is 38.8 Å². The number of aryl methyl sites for hydroxylation is 2. The molecule has 1 amide bonds. The van der Waals surface area contributed by atoms with Crippen molar-refractivity contribution >= 4 is 11.9 Å². The van der Waals surface area contributed by atoms with Gasteiger partial charge in [-0.15, -0.1) is 0 Å². The van der Waals surface area contributed by atoms with Crippen LogP contribution < -0.4 is 10.1 Å². The van der Waals surface area contributed by atoms with Gasteiger partial charge in [0.2, 0.25) is 17.6 Å². The van der Waals surface area contributed by atoms with Gasteiger partial charge in [0.15, 0.2) is 5.89 Å². The van der Waals surface area contributed by atoms with Crippen molar-refractivity contribution in [2.45, 2.75) is 26.7 Å². The molecule has 0 aliphatic rings. The highest BCUT2D eigenvalue weighted by Gasteiger charge is 2.20. The Labute approximate surface area is 141 Å². The third kappa shape index (κ3) is 4.43. The molecule has 0 aliphatic heterocycles. The lowest BCUT2D eigenvalue weighted by atomic mass is 10.3. The van der Waals surface area contributed by atoms with Crippen molar-refractivity contribution in [2.75, 3.05) is 32.6 Å². The number of oxazole rings is 1. The van der Waals surface area contributed by atoms with Crippen LogP contribution in [0.15, 0.2) is 16.7 Å². The zero-order chi connectivity index (χ0) is 17.5. The van der Waals surface area contributed by atoms with E-state index in [2.05, 4.69) is 20.3 Å². The fourth-order valence-corrected chi connectivity index (χ4v) is 2.12. The van der Waals surface area contributed by atoms with Crippen molar-refractivity contribution < 1.29 is 13.9 Å². The number of hydrogen-bond acceptors (Lipinski definition) is 7. The summed E-state index contributed by atoms with van der Waals surface area (Å²) >= 11 is 0. The molecule has 0 unspecified atom stereocenters. The molecule has 8 heteroatoms. The first-order valence-electron chi connectivity index (χ1n) is 7.87. The Balaban J connectivity index is 1.89. The summed E-state index contributed by atoms with van der Waals surface area (Å²) in [5.74, 6) is 1.66. The average molecular weight is 333 g/mol. The predicted molar refractivity (Wildman–Crippen MR) is 89.3 cm³/mol. The topological polar surface area (TPSA) is 93.4 Å². The maximum absolute atomic E-state index is 12.4. The van der Waals surface area contributed by atoms with Crippen LogP contribution in [0.3, 0.4) is 0 Å². The molecule has 0 aromatic carbocycles. The SMILES string of the molecule is CCCc1nc(C)c(C(=O)N(C)CCNc2nccc(OC)n2)o1. The fraction of sp³-hybridized carbons (Fsp3) is 0.500. The molecule has 0 fully saturated rings. The number of aromatic nitrogens is 3. The van der Waals surface area contributed by atoms with E-state index in [-0.39, 0.29) is 5.91 Å². The van der Waals surface area contributed by atoms with Crippen LogP contribution in [0.2, 0.25) is 0 Å². The molecule has 0 saturated carbocycles. The van der Waals surface area contributed by atoms with Gasteiger partial charge in [-0.25, -0.2) is 9.97 Å². The van der Waals surface area contributed by atoms with E-state index in [0.717, 1.165) is 12.8 Å². The Morgan fingerprint density at radius 3 is 2.92 bits per heavy atom. The van der Waals surface area contributed by atoms with E-state index >= 15 is 0 Å². The van der Waals surface area contributed by atoms with Gasteiger partial charge in [-0.1, -0.05) is 6.92 Å². The largest absolute Gasteiger partial charge is 0.481 e. The highest BCUT2D eigenvalue weighted by molar-refractivity contribution is 5.92. The Kier molecular flexibility index (Phi) is 6.11. The number of anilines is 1. The van der Waals surface area contributed by atoms with Gasteiger partial charge in [-0.2, -0.15) is 4.98 Å². The van der Waals surface area contributed by atoms with E-state index in [1.165, 1.54) is 0 Å². The lowest BCUT2D eigenvalue weighted by Crippen LogP contribution is -2.31. The maximum Gasteiger partial charge on any atom is 0.291 e. The van der Waals surface area contributed by atoms with Crippen molar-refractivity contribution in [2.24, 2.45) is 0 Å². The summed E-state index contributed by atoms with van der Waals surface area (Å²) in [4.78, 5) is 26.5. The molecular formula is C16H23N5O3. The van der Waals surface area contributed by atoms with Crippen LogP contribution in [-0.2, 0) is 6.42 Å². The van der Waals surface area contributed by atoms with E-state index in [1.807, 2.05) is 6.92 Å². The van der Waals surface area contributed by atoms with Crippen molar-refractivity contribution in [3.63, 3.8) is 0 Å². The van der Waals surface area contributed by atoms with Crippen molar-refractivity contribution in [1.82, 2.24) is 19.9 Å². The van der Waals surface area contributed by atoms with E-state index in [1.54, 1.807) is 38.2 Å². The summed E-state index contributed by atoms with van der Waals surface area (Å²) in [5.41, 5.74) is 0.624. The number of rotatable bonds is 8. The number of carbonyl (C=O) groups excluding carboxylic acids is 1. The fourth-order valence-electron chi connectivity index (χ4n) is 2.12. The second-order valence-corrected chi connectivity index (χ2v) is 5.35. The molecule has 8 nitrogen and oxygen atoms in total. The third-order valence-electron chi connectivity index (χ3n) is 3.42. The molecule has 2 rings (SSSR count). The zero-order valence-corrected chi connectivity index (χ0v) is 14.5. The molecule has 0 spiro atoms. The number of ether oxygens (including phenoxy) is 1. The first-order chi connectivity index (χ1) is 11.5. The zero-order valence-electron chi connectivity index (χ0n) is 14.5. The maximum atomic E-state index is 12.4. The molecular weight excluding hydrogens is 310 g/mol. The Morgan fingerprint density at radius 1 is 1.42 bits per heavy atom. The van der Waals surface area contributed by atoms with Gasteiger partial charge in [0.05, 0.1) is 12.8 Å². The van der Waals surface area contributed by atoms with Crippen LogP contribution in [0.25, 0.3) is 0 Å². The number of nitrogens with zero attached hydrogens (tertiary/aromatic N) is 4. The summed E-state index contributed by atoms with van der Waals surface area (Å²) in [7, 11) is 3.27. The van der Waals surface area contributed by atoms with Crippen LogP contribution in [0, 0.1) is 6.92 Å². The second kappa shape index (κ2) is 8.28. The van der Waals surface area contributed by atoms with Crippen LogP contribution in [0.1, 0.15) is 35.5 Å². The molecule has 1 N–H and O–H groups in total. The molecule has 2 aromatic heterocycles. The molecule has 0 atom stereocenters. The van der Waals surface area contributed by atoms with E-state index in [9.17, 15) is 4.79 Å². The van der Waals surface area contributed by atoms with E-state index < -0.39 is 0 Å². The van der Waals surface area contributed by atoms with Crippen LogP contribution in [0.4, 0.5) is 5.95 Å². The van der Waals surface area contributed by atoms with Crippen molar-refractivity contribution in [3.05, 3.63) is 29.6 Å². The Hall–Kier alpha value is -2.64. The Bertz CT molecular complexity index is 686. The highest BCUT2D eigenvalue weighted by Crippen LogP contribution is 2.14. The number of methoxy groups -OCH3 is 1. The van der Waals surface area contributed by atoms with Crippen molar-refractivity contribution in [1.29, 1.82) is 0 Å². The predicted octanol–water partition coefficient (Wildman–Crippen LogP) is 1.92. The van der Waals surface area contributed by atoms with Gasteiger partial charge >= 0.3 is 0 Å². The first kappa shape index (κ1) is 17.7. The van der Waals surface area contributed by atoms with Crippen LogP contribution >= 0.6 is 0 Å². The van der Waals surface area contributed by atoms with Gasteiger partial charge in [-0.05, 0) is 13.3 Å². The minimum Gasteiger partial charge on any atom is -0.481 e. The molecule has 24 heavy (non-hydrogen) atoms. The number of hydrogen-bond donors (Lipinski definition) is 1. The third-order valence-corrected chi connectivity index (χ3v) is 3.42. The van der Waals surface area contributed by atoms with Gasteiger partial charge in [-0.3, -0.25) is 4.79 Å². The summed E-state index contributed by atoms with van der Waals surface area (Å²) < 4.78 is 10.6. The Morgan fingerprint density at radius 2 is 2.21 bits per heavy atom. The molecule has 0 radical (unpaired) electrons. The van der Waals surface area contributed by atoms with Gasteiger partial charge in [0.25, 0.3) is 5.91 Å². The number of likely N-dealkylation sites (N-methyl/N-ethyl adjacent to an activating group) is 1. The normalized spacial score (nSPS) is 10.5. The first-order valence-corrected chi connectivity index (χ1v) is 7.87. The van der Waals surface area contributed by atoms with Crippen LogP contribution in [-0.4, -0.2) is 53.0 Å². The smallest absolute Gasteiger partial charge is 0.291 e. The summed E-state index contributed by atoms with van der Waals surface area (Å²) in [5, 5.41) is 3.05. The molecule has 0 aliphatic carbocycles. The van der Waals surface area contributed by atoms with Crippen LogP contribution in [0.5, 0.6) is 5.88 Å². The minimum absolute atomic E-state index is 0.185. The van der Waals surface area contributed by atoms with Gasteiger partial charge in [0.1, 0.15) is 0 Å². The van der Waals surface area contributed by atoms with Crippen molar-refractivity contribution in [3.8, 4) is 5.88 Å². The second-order valence-electron chi connectivity index (χ2n) is 5.35. The average Bonchev–Trinajstić information content (AvgIpc) is 2.95. The molecule has 0 saturated heterocycles. The molecule has 0 bridgehead atoms. The molecule has 2 aromatic rings. The summed E-state index contributed by atoms with van der Waals surface area (Å²) in [6.07, 6.45) is 3.26. The minimum atomic E-state index is -0.185. The monoisotopic (exact) mass is 333 g/mol. The number of nitrogens with one attached hydrogen (secondary N) is 1. The molecule has 2 heterocycles. The highest BCUT2D eigenvalue weighted by atomic mass is 16.5. The number of amides is 1. The van der Waals surface area contributed by atoms with E-state index in [0.29, 0.717) is 42.3 Å². The lowest BCUT2D eigenvalue weighted by Gasteiger charge is -2.16. The number of carbonyl (C=O) groups is 1. The summed E-state index contributed by atoms with van der Waals surface area (Å²) in [6.45, 7) is 4.80. The van der Waals surface area contributed by atoms with E-state index in [4.69, 9.17) is 9.15 Å².